The maximum absolute atomic E-state index is 13.6. The quantitative estimate of drug-likeness (QED) is 0.575. The molecule has 0 bridgehead atoms. The number of rotatable bonds is 4. The molecule has 9 heteroatoms. The Hall–Kier alpha value is -3.75. The van der Waals surface area contributed by atoms with E-state index in [4.69, 9.17) is 0 Å². The normalized spacial score (nSPS) is 11.1. The topological polar surface area (TPSA) is 72.2 Å². The molecule has 0 radical (unpaired) electrons. The van der Waals surface area contributed by atoms with Crippen molar-refractivity contribution in [2.24, 2.45) is 0 Å². The van der Waals surface area contributed by atoms with E-state index in [1.165, 1.54) is 48.9 Å². The first-order chi connectivity index (χ1) is 13.5. The van der Waals surface area contributed by atoms with Gasteiger partial charge in [0, 0.05) is 23.6 Å². The zero-order valence-corrected chi connectivity index (χ0v) is 14.2. The highest BCUT2D eigenvalue weighted by atomic mass is 19.3. The van der Waals surface area contributed by atoms with Crippen molar-refractivity contribution in [3.63, 3.8) is 0 Å². The second-order valence-electron chi connectivity index (χ2n) is 5.86. The summed E-state index contributed by atoms with van der Waals surface area (Å²) in [7, 11) is 0. The fourth-order valence-electron chi connectivity index (χ4n) is 2.70. The summed E-state index contributed by atoms with van der Waals surface area (Å²) in [5.41, 5.74) is 0.690. The van der Waals surface area contributed by atoms with E-state index in [1.54, 1.807) is 12.1 Å². The summed E-state index contributed by atoms with van der Waals surface area (Å²) in [6.07, 6.45) is 1.34. The average molecular weight is 383 g/mol. The van der Waals surface area contributed by atoms with E-state index in [0.29, 0.717) is 11.3 Å². The van der Waals surface area contributed by atoms with Gasteiger partial charge in [-0.25, -0.2) is 22.7 Å². The van der Waals surface area contributed by atoms with Gasteiger partial charge in [0.15, 0.2) is 5.65 Å². The molecule has 0 fully saturated rings. The van der Waals surface area contributed by atoms with E-state index in [2.05, 4.69) is 20.4 Å². The van der Waals surface area contributed by atoms with Crippen molar-refractivity contribution in [3.05, 3.63) is 78.1 Å². The first-order valence-electron chi connectivity index (χ1n) is 8.17. The van der Waals surface area contributed by atoms with Crippen LogP contribution in [-0.4, -0.2) is 25.5 Å². The number of fused-ring (bicyclic) bond motifs is 1. The highest BCUT2D eigenvalue weighted by molar-refractivity contribution is 6.08. The molecule has 0 saturated heterocycles. The molecule has 0 unspecified atom stereocenters. The van der Waals surface area contributed by atoms with Crippen LogP contribution in [0.25, 0.3) is 16.9 Å². The second-order valence-corrected chi connectivity index (χ2v) is 5.86. The minimum absolute atomic E-state index is 0.0244. The fourth-order valence-corrected chi connectivity index (χ4v) is 2.70. The zero-order valence-electron chi connectivity index (χ0n) is 14.2. The number of nitrogens with one attached hydrogen (secondary N) is 1. The first kappa shape index (κ1) is 17.7. The van der Waals surface area contributed by atoms with Gasteiger partial charge in [0.1, 0.15) is 17.1 Å². The molecule has 3 heterocycles. The van der Waals surface area contributed by atoms with Gasteiger partial charge in [-0.2, -0.15) is 5.10 Å². The molecular formula is C19H12F3N5O. The molecule has 4 rings (SSSR count). The van der Waals surface area contributed by atoms with Gasteiger partial charge in [0.05, 0.1) is 11.9 Å². The van der Waals surface area contributed by atoms with Crippen LogP contribution in [0.15, 0.2) is 61.1 Å². The third-order valence-electron chi connectivity index (χ3n) is 4.05. The summed E-state index contributed by atoms with van der Waals surface area (Å²) >= 11 is 0. The smallest absolute Gasteiger partial charge is 0.280 e. The number of benzene rings is 1. The Morgan fingerprint density at radius 1 is 1.07 bits per heavy atom. The number of hydrogen-bond donors (Lipinski definition) is 1. The summed E-state index contributed by atoms with van der Waals surface area (Å²) in [5, 5.41) is 6.53. The summed E-state index contributed by atoms with van der Waals surface area (Å²) in [6.45, 7) is 0. The maximum Gasteiger partial charge on any atom is 0.280 e. The molecule has 1 N–H and O–H groups in total. The van der Waals surface area contributed by atoms with Gasteiger partial charge in [-0.1, -0.05) is 0 Å². The van der Waals surface area contributed by atoms with Gasteiger partial charge in [-0.05, 0) is 42.5 Å². The van der Waals surface area contributed by atoms with E-state index < -0.39 is 23.8 Å². The van der Waals surface area contributed by atoms with Crippen molar-refractivity contribution in [1.82, 2.24) is 19.6 Å². The van der Waals surface area contributed by atoms with Crippen molar-refractivity contribution in [1.29, 1.82) is 0 Å². The molecule has 0 aliphatic heterocycles. The number of anilines is 1. The summed E-state index contributed by atoms with van der Waals surface area (Å²) in [4.78, 5) is 20.8. The van der Waals surface area contributed by atoms with Gasteiger partial charge in [0.25, 0.3) is 12.3 Å². The standard InChI is InChI=1S/C19H12F3N5O/c20-12-3-1-11(2-4-12)15-9-16(17(21)22)27-18(26-15)14(10-24-27)19(28)25-13-5-7-23-8-6-13/h1-10,17H,(H,23,25,28). The number of carbonyl (C=O) groups is 1. The Labute approximate surface area is 156 Å². The molecule has 0 aliphatic carbocycles. The Kier molecular flexibility index (Phi) is 4.48. The van der Waals surface area contributed by atoms with Crippen LogP contribution >= 0.6 is 0 Å². The van der Waals surface area contributed by atoms with E-state index in [0.717, 1.165) is 4.52 Å². The number of halogens is 3. The van der Waals surface area contributed by atoms with Crippen LogP contribution in [0.5, 0.6) is 0 Å². The van der Waals surface area contributed by atoms with E-state index >= 15 is 0 Å². The van der Waals surface area contributed by atoms with Crippen LogP contribution in [0.1, 0.15) is 22.5 Å². The lowest BCUT2D eigenvalue weighted by Crippen LogP contribution is -2.12. The van der Waals surface area contributed by atoms with Crippen molar-refractivity contribution < 1.29 is 18.0 Å². The van der Waals surface area contributed by atoms with Crippen molar-refractivity contribution in [3.8, 4) is 11.3 Å². The molecule has 0 spiro atoms. The van der Waals surface area contributed by atoms with Gasteiger partial charge in [-0.15, -0.1) is 0 Å². The lowest BCUT2D eigenvalue weighted by Gasteiger charge is -2.09. The monoisotopic (exact) mass is 383 g/mol. The lowest BCUT2D eigenvalue weighted by atomic mass is 10.1. The number of amides is 1. The van der Waals surface area contributed by atoms with Crippen LogP contribution in [0.2, 0.25) is 0 Å². The van der Waals surface area contributed by atoms with Crippen LogP contribution in [0, 0.1) is 5.82 Å². The summed E-state index contributed by atoms with van der Waals surface area (Å²) in [6, 6.07) is 9.61. The van der Waals surface area contributed by atoms with E-state index in [-0.39, 0.29) is 16.9 Å². The fraction of sp³-hybridized carbons (Fsp3) is 0.0526. The predicted molar refractivity (Wildman–Crippen MR) is 95.5 cm³/mol. The third-order valence-corrected chi connectivity index (χ3v) is 4.05. The Balaban J connectivity index is 1.82. The molecule has 3 aromatic heterocycles. The summed E-state index contributed by atoms with van der Waals surface area (Å²) < 4.78 is 41.2. The molecule has 140 valence electrons. The van der Waals surface area contributed by atoms with Crippen LogP contribution in [-0.2, 0) is 0 Å². The first-order valence-corrected chi connectivity index (χ1v) is 8.17. The zero-order chi connectivity index (χ0) is 19.7. The van der Waals surface area contributed by atoms with Crippen LogP contribution in [0.4, 0.5) is 18.9 Å². The van der Waals surface area contributed by atoms with Gasteiger partial charge in [0.2, 0.25) is 0 Å². The van der Waals surface area contributed by atoms with Crippen molar-refractivity contribution in [2.45, 2.75) is 6.43 Å². The van der Waals surface area contributed by atoms with E-state index in [1.807, 2.05) is 0 Å². The number of aromatic nitrogens is 4. The molecular weight excluding hydrogens is 371 g/mol. The van der Waals surface area contributed by atoms with Crippen LogP contribution < -0.4 is 5.32 Å². The SMILES string of the molecule is O=C(Nc1ccncc1)c1cnn2c(C(F)F)cc(-c3ccc(F)cc3)nc12. The van der Waals surface area contributed by atoms with Gasteiger partial charge >= 0.3 is 0 Å². The molecule has 6 nitrogen and oxygen atoms in total. The minimum atomic E-state index is -2.85. The highest BCUT2D eigenvalue weighted by Crippen LogP contribution is 2.27. The molecule has 1 amide bonds. The summed E-state index contributed by atoms with van der Waals surface area (Å²) in [5.74, 6) is -1.01. The maximum atomic E-state index is 13.6. The van der Waals surface area contributed by atoms with Gasteiger partial charge < -0.3 is 5.32 Å². The number of pyridine rings is 1. The number of nitrogens with zero attached hydrogens (tertiary/aromatic N) is 4. The highest BCUT2D eigenvalue weighted by Gasteiger charge is 2.21. The second kappa shape index (κ2) is 7.10. The molecule has 0 saturated carbocycles. The Morgan fingerprint density at radius 3 is 2.46 bits per heavy atom. The van der Waals surface area contributed by atoms with Gasteiger partial charge in [-0.3, -0.25) is 9.78 Å². The molecule has 0 atom stereocenters. The van der Waals surface area contributed by atoms with E-state index in [9.17, 15) is 18.0 Å². The number of hydrogen-bond acceptors (Lipinski definition) is 4. The number of carbonyl (C=O) groups excluding carboxylic acids is 1. The molecule has 0 aliphatic rings. The van der Waals surface area contributed by atoms with Crippen molar-refractivity contribution in [2.75, 3.05) is 5.32 Å². The largest absolute Gasteiger partial charge is 0.322 e. The Morgan fingerprint density at radius 2 is 1.79 bits per heavy atom. The molecule has 1 aromatic carbocycles. The van der Waals surface area contributed by atoms with Crippen LogP contribution in [0.3, 0.4) is 0 Å². The number of alkyl halides is 2. The molecule has 28 heavy (non-hydrogen) atoms. The average Bonchev–Trinajstić information content (AvgIpc) is 3.12. The third kappa shape index (κ3) is 3.29. The molecule has 4 aromatic rings. The lowest BCUT2D eigenvalue weighted by molar-refractivity contribution is 0.102. The Bertz CT molecular complexity index is 1140. The minimum Gasteiger partial charge on any atom is -0.322 e. The predicted octanol–water partition coefficient (Wildman–Crippen LogP) is 4.12. The van der Waals surface area contributed by atoms with Crippen molar-refractivity contribution >= 4 is 17.2 Å².